The largest absolute Gasteiger partial charge is 0.493 e. The number of ether oxygens (including phenoxy) is 3. The lowest BCUT2D eigenvalue weighted by Crippen LogP contribution is -2.46. The quantitative estimate of drug-likeness (QED) is 0.421. The second kappa shape index (κ2) is 10.5. The number of carbonyl (C=O) groups excluding carboxylic acids is 3. The summed E-state index contributed by atoms with van der Waals surface area (Å²) in [6, 6.07) is 13.6. The minimum Gasteiger partial charge on any atom is -0.493 e. The SMILES string of the molecule is COc1cccc(/C=C/C(=O)O[C@H](C)C(=O)NNC(=O)c2ccccc2)c1OC. The zero-order valence-corrected chi connectivity index (χ0v) is 16.3. The number of hydrogen-bond donors (Lipinski definition) is 2. The fourth-order valence-corrected chi connectivity index (χ4v) is 2.35. The van der Waals surface area contributed by atoms with Crippen LogP contribution >= 0.6 is 0 Å². The molecule has 0 unspecified atom stereocenters. The van der Waals surface area contributed by atoms with Crippen LogP contribution in [0, 0.1) is 0 Å². The van der Waals surface area contributed by atoms with E-state index in [9.17, 15) is 14.4 Å². The predicted molar refractivity (Wildman–Crippen MR) is 106 cm³/mol. The molecule has 2 aromatic rings. The average Bonchev–Trinajstić information content (AvgIpc) is 2.75. The first-order valence-corrected chi connectivity index (χ1v) is 8.71. The maximum absolute atomic E-state index is 12.0. The van der Waals surface area contributed by atoms with Crippen molar-refractivity contribution in [2.24, 2.45) is 0 Å². The Balaban J connectivity index is 1.89. The molecule has 2 aromatic carbocycles. The molecule has 1 atom stereocenters. The van der Waals surface area contributed by atoms with Gasteiger partial charge in [-0.1, -0.05) is 30.3 Å². The Morgan fingerprint density at radius 3 is 2.31 bits per heavy atom. The van der Waals surface area contributed by atoms with Crippen LogP contribution in [0.4, 0.5) is 0 Å². The third kappa shape index (κ3) is 6.10. The highest BCUT2D eigenvalue weighted by molar-refractivity contribution is 5.96. The van der Waals surface area contributed by atoms with Crippen molar-refractivity contribution in [3.8, 4) is 11.5 Å². The molecule has 8 heteroatoms. The zero-order chi connectivity index (χ0) is 21.2. The van der Waals surface area contributed by atoms with Crippen LogP contribution in [0.5, 0.6) is 11.5 Å². The van der Waals surface area contributed by atoms with E-state index in [2.05, 4.69) is 10.9 Å². The van der Waals surface area contributed by atoms with E-state index < -0.39 is 23.9 Å². The van der Waals surface area contributed by atoms with E-state index in [1.807, 2.05) is 0 Å². The van der Waals surface area contributed by atoms with E-state index >= 15 is 0 Å². The topological polar surface area (TPSA) is 103 Å². The molecule has 0 spiro atoms. The summed E-state index contributed by atoms with van der Waals surface area (Å²) in [7, 11) is 3.00. The first kappa shape index (κ1) is 21.5. The fourth-order valence-electron chi connectivity index (χ4n) is 2.35. The standard InChI is InChI=1S/C21H22N2O6/c1-14(20(25)22-23-21(26)16-8-5-4-6-9-16)29-18(24)13-12-15-10-7-11-17(27-2)19(15)28-3/h4-14H,1-3H3,(H,22,25)(H,23,26)/b13-12+/t14-/m1/s1. The lowest BCUT2D eigenvalue weighted by Gasteiger charge is -2.13. The van der Waals surface area contributed by atoms with Crippen LogP contribution in [-0.2, 0) is 14.3 Å². The van der Waals surface area contributed by atoms with Gasteiger partial charge in [0.1, 0.15) is 0 Å². The van der Waals surface area contributed by atoms with E-state index in [-0.39, 0.29) is 0 Å². The summed E-state index contributed by atoms with van der Waals surface area (Å²) in [5, 5.41) is 0. The molecule has 2 N–H and O–H groups in total. The van der Waals surface area contributed by atoms with Crippen molar-refractivity contribution in [2.45, 2.75) is 13.0 Å². The van der Waals surface area contributed by atoms with Gasteiger partial charge in [-0.25, -0.2) is 4.79 Å². The van der Waals surface area contributed by atoms with Gasteiger partial charge in [-0.3, -0.25) is 20.4 Å². The smallest absolute Gasteiger partial charge is 0.331 e. The average molecular weight is 398 g/mol. The summed E-state index contributed by atoms with van der Waals surface area (Å²) in [6.45, 7) is 1.39. The van der Waals surface area contributed by atoms with Crippen molar-refractivity contribution in [2.75, 3.05) is 14.2 Å². The Kier molecular flexibility index (Phi) is 7.78. The monoisotopic (exact) mass is 398 g/mol. The van der Waals surface area contributed by atoms with Gasteiger partial charge in [0.25, 0.3) is 11.8 Å². The van der Waals surface area contributed by atoms with Crippen molar-refractivity contribution in [3.63, 3.8) is 0 Å². The van der Waals surface area contributed by atoms with Gasteiger partial charge < -0.3 is 14.2 Å². The van der Waals surface area contributed by atoms with Crippen LogP contribution in [0.15, 0.2) is 54.6 Å². The maximum Gasteiger partial charge on any atom is 0.331 e. The summed E-state index contributed by atoms with van der Waals surface area (Å²) in [5.74, 6) is -0.900. The summed E-state index contributed by atoms with van der Waals surface area (Å²) in [4.78, 5) is 35.9. The fraction of sp³-hybridized carbons (Fsp3) is 0.190. The number of esters is 1. The minimum absolute atomic E-state index is 0.382. The molecule has 0 aliphatic carbocycles. The molecule has 8 nitrogen and oxygen atoms in total. The Morgan fingerprint density at radius 1 is 0.931 bits per heavy atom. The molecule has 29 heavy (non-hydrogen) atoms. The normalized spacial score (nSPS) is 11.4. The highest BCUT2D eigenvalue weighted by Gasteiger charge is 2.17. The number of carbonyl (C=O) groups is 3. The van der Waals surface area contributed by atoms with E-state index in [1.54, 1.807) is 48.5 Å². The minimum atomic E-state index is -1.12. The Labute approximate surface area is 168 Å². The summed E-state index contributed by atoms with van der Waals surface area (Å²) < 4.78 is 15.5. The molecule has 2 rings (SSSR count). The molecule has 2 amide bonds. The molecule has 0 bridgehead atoms. The van der Waals surface area contributed by atoms with E-state index in [1.165, 1.54) is 33.3 Å². The number of rotatable bonds is 7. The first-order valence-electron chi connectivity index (χ1n) is 8.71. The first-order chi connectivity index (χ1) is 14.0. The van der Waals surface area contributed by atoms with Gasteiger partial charge in [0.05, 0.1) is 14.2 Å². The number of amides is 2. The highest BCUT2D eigenvalue weighted by Crippen LogP contribution is 2.31. The predicted octanol–water partition coefficient (Wildman–Crippen LogP) is 2.11. The van der Waals surface area contributed by atoms with Gasteiger partial charge in [0.2, 0.25) is 0 Å². The number of hydrogen-bond acceptors (Lipinski definition) is 6. The van der Waals surface area contributed by atoms with Gasteiger partial charge in [-0.2, -0.15) is 0 Å². The zero-order valence-electron chi connectivity index (χ0n) is 16.3. The molecular formula is C21H22N2O6. The van der Waals surface area contributed by atoms with Crippen molar-refractivity contribution in [1.82, 2.24) is 10.9 Å². The van der Waals surface area contributed by atoms with Crippen LogP contribution in [0.3, 0.4) is 0 Å². The van der Waals surface area contributed by atoms with Crippen LogP contribution in [-0.4, -0.2) is 38.1 Å². The van der Waals surface area contributed by atoms with Crippen molar-refractivity contribution in [1.29, 1.82) is 0 Å². The molecule has 0 radical (unpaired) electrons. The number of nitrogens with one attached hydrogen (secondary N) is 2. The molecule has 0 saturated carbocycles. The van der Waals surface area contributed by atoms with E-state index in [0.717, 1.165) is 0 Å². The summed E-state index contributed by atoms with van der Waals surface area (Å²) >= 11 is 0. The van der Waals surface area contributed by atoms with Crippen molar-refractivity contribution >= 4 is 23.9 Å². The van der Waals surface area contributed by atoms with Crippen molar-refractivity contribution in [3.05, 3.63) is 65.7 Å². The molecule has 0 heterocycles. The maximum atomic E-state index is 12.0. The lowest BCUT2D eigenvalue weighted by atomic mass is 10.1. The molecule has 152 valence electrons. The molecule has 0 saturated heterocycles. The van der Waals surface area contributed by atoms with Gasteiger partial charge in [-0.15, -0.1) is 0 Å². The van der Waals surface area contributed by atoms with Gasteiger partial charge in [-0.05, 0) is 31.2 Å². The Hall–Kier alpha value is -3.81. The molecule has 0 aromatic heterocycles. The Morgan fingerprint density at radius 2 is 1.66 bits per heavy atom. The van der Waals surface area contributed by atoms with Crippen LogP contribution < -0.4 is 20.3 Å². The number of methoxy groups -OCH3 is 2. The second-order valence-corrected chi connectivity index (χ2v) is 5.80. The number of benzene rings is 2. The van der Waals surface area contributed by atoms with E-state index in [4.69, 9.17) is 14.2 Å². The number of hydrazine groups is 1. The van der Waals surface area contributed by atoms with Gasteiger partial charge >= 0.3 is 5.97 Å². The highest BCUT2D eigenvalue weighted by atomic mass is 16.5. The molecular weight excluding hydrogens is 376 g/mol. The van der Waals surface area contributed by atoms with Gasteiger partial charge in [0.15, 0.2) is 17.6 Å². The van der Waals surface area contributed by atoms with Crippen molar-refractivity contribution < 1.29 is 28.6 Å². The van der Waals surface area contributed by atoms with Gasteiger partial charge in [0, 0.05) is 17.2 Å². The summed E-state index contributed by atoms with van der Waals surface area (Å²) in [6.07, 6.45) is 1.55. The van der Waals surface area contributed by atoms with Crippen LogP contribution in [0.25, 0.3) is 6.08 Å². The second-order valence-electron chi connectivity index (χ2n) is 5.80. The molecule has 0 aliphatic rings. The summed E-state index contributed by atoms with van der Waals surface area (Å²) in [5.41, 5.74) is 5.47. The van der Waals surface area contributed by atoms with Crippen LogP contribution in [0.2, 0.25) is 0 Å². The molecule has 0 aliphatic heterocycles. The molecule has 0 fully saturated rings. The third-order valence-electron chi connectivity index (χ3n) is 3.83. The third-order valence-corrected chi connectivity index (χ3v) is 3.83. The van der Waals surface area contributed by atoms with E-state index in [0.29, 0.717) is 22.6 Å². The van der Waals surface area contributed by atoms with Crippen LogP contribution in [0.1, 0.15) is 22.8 Å². The Bertz CT molecular complexity index is 895. The lowest BCUT2D eigenvalue weighted by molar-refractivity contribution is -0.150. The number of para-hydroxylation sites is 1.